The summed E-state index contributed by atoms with van der Waals surface area (Å²) in [7, 11) is 3.60. The third-order valence-electron chi connectivity index (χ3n) is 5.64. The second-order valence-electron chi connectivity index (χ2n) is 5.99. The Morgan fingerprint density at radius 1 is 1.06 bits per heavy atom. The Balaban J connectivity index is 1.85. The molecule has 2 N–H and O–H groups in total. The first-order valence-corrected chi connectivity index (χ1v) is 6.52. The van der Waals surface area contributed by atoms with Crippen molar-refractivity contribution in [1.29, 1.82) is 0 Å². The van der Waals surface area contributed by atoms with E-state index in [1.165, 1.54) is 19.3 Å². The highest BCUT2D eigenvalue weighted by Crippen LogP contribution is 2.62. The van der Waals surface area contributed by atoms with E-state index in [1.54, 1.807) is 14.2 Å². The average molecular weight is 225 g/mol. The number of fused-ring (bicyclic) bond motifs is 3. The van der Waals surface area contributed by atoms with Gasteiger partial charge < -0.3 is 15.2 Å². The highest BCUT2D eigenvalue weighted by molar-refractivity contribution is 5.13. The predicted molar refractivity (Wildman–Crippen MR) is 62.1 cm³/mol. The number of methoxy groups -OCH3 is 2. The number of hydrogen-bond donors (Lipinski definition) is 1. The molecule has 0 amide bonds. The molecule has 92 valence electrons. The Kier molecular flexibility index (Phi) is 2.54. The fraction of sp³-hybridized carbons (Fsp3) is 1.00. The lowest BCUT2D eigenvalue weighted by molar-refractivity contribution is -0.0157. The van der Waals surface area contributed by atoms with Gasteiger partial charge in [0.05, 0.1) is 12.2 Å². The third-order valence-corrected chi connectivity index (χ3v) is 5.64. The number of hydrogen-bond acceptors (Lipinski definition) is 3. The van der Waals surface area contributed by atoms with Gasteiger partial charge in [-0.25, -0.2) is 0 Å². The number of nitrogens with two attached hydrogens (primary N) is 1. The van der Waals surface area contributed by atoms with Crippen molar-refractivity contribution in [3.63, 3.8) is 0 Å². The molecule has 0 aromatic carbocycles. The summed E-state index contributed by atoms with van der Waals surface area (Å²) in [6.07, 6.45) is 6.84. The Bertz CT molecular complexity index is 265. The molecule has 0 heterocycles. The summed E-state index contributed by atoms with van der Waals surface area (Å²) in [6, 6.07) is 0.393. The Labute approximate surface area is 97.7 Å². The molecule has 2 bridgehead atoms. The smallest absolute Gasteiger partial charge is 0.0838 e. The van der Waals surface area contributed by atoms with Crippen LogP contribution in [0.3, 0.4) is 0 Å². The van der Waals surface area contributed by atoms with Crippen molar-refractivity contribution in [3.8, 4) is 0 Å². The molecule has 3 aliphatic rings. The van der Waals surface area contributed by atoms with Gasteiger partial charge in [-0.1, -0.05) is 0 Å². The minimum atomic E-state index is 0.260. The SMILES string of the molecule is COC1CC2(C[C@H]1OC)[C@@H]1CCC(C1)[C@H]2N. The number of ether oxygens (including phenoxy) is 2. The van der Waals surface area contributed by atoms with Crippen molar-refractivity contribution in [2.45, 2.75) is 50.4 Å². The number of rotatable bonds is 2. The molecule has 3 fully saturated rings. The molecular formula is C13H23NO2. The minimum Gasteiger partial charge on any atom is -0.379 e. The fourth-order valence-corrected chi connectivity index (χ4v) is 4.78. The van der Waals surface area contributed by atoms with Crippen LogP contribution < -0.4 is 5.73 Å². The molecule has 1 spiro atoms. The van der Waals surface area contributed by atoms with E-state index in [2.05, 4.69) is 0 Å². The van der Waals surface area contributed by atoms with Gasteiger partial charge in [-0.15, -0.1) is 0 Å². The molecule has 3 heteroatoms. The quantitative estimate of drug-likeness (QED) is 0.775. The largest absolute Gasteiger partial charge is 0.379 e. The molecule has 0 aromatic rings. The second-order valence-corrected chi connectivity index (χ2v) is 5.99. The molecule has 0 saturated heterocycles. The minimum absolute atomic E-state index is 0.260. The molecule has 16 heavy (non-hydrogen) atoms. The molecule has 0 radical (unpaired) electrons. The van der Waals surface area contributed by atoms with Gasteiger partial charge in [-0.3, -0.25) is 0 Å². The normalized spacial score (nSPS) is 55.3. The Morgan fingerprint density at radius 3 is 2.12 bits per heavy atom. The maximum atomic E-state index is 6.48. The maximum Gasteiger partial charge on any atom is 0.0838 e. The summed E-state index contributed by atoms with van der Waals surface area (Å²) >= 11 is 0. The zero-order valence-electron chi connectivity index (χ0n) is 10.3. The van der Waals surface area contributed by atoms with Crippen molar-refractivity contribution in [1.82, 2.24) is 0 Å². The first kappa shape index (κ1) is 11.0. The van der Waals surface area contributed by atoms with Crippen LogP contribution in [0.5, 0.6) is 0 Å². The average Bonchev–Trinajstić information content (AvgIpc) is 2.97. The lowest BCUT2D eigenvalue weighted by Gasteiger charge is -2.39. The van der Waals surface area contributed by atoms with Crippen LogP contribution in [-0.4, -0.2) is 32.5 Å². The summed E-state index contributed by atoms with van der Waals surface area (Å²) in [5.74, 6) is 1.61. The first-order valence-electron chi connectivity index (χ1n) is 6.52. The Morgan fingerprint density at radius 2 is 1.69 bits per heavy atom. The fourth-order valence-electron chi connectivity index (χ4n) is 4.78. The van der Waals surface area contributed by atoms with E-state index in [1.807, 2.05) is 0 Å². The zero-order valence-corrected chi connectivity index (χ0v) is 10.3. The molecule has 0 aromatic heterocycles. The highest BCUT2D eigenvalue weighted by atomic mass is 16.5. The molecular weight excluding hydrogens is 202 g/mol. The summed E-state index contributed by atoms with van der Waals surface area (Å²) in [4.78, 5) is 0. The second kappa shape index (κ2) is 3.69. The van der Waals surface area contributed by atoms with E-state index in [-0.39, 0.29) is 12.2 Å². The first-order chi connectivity index (χ1) is 7.71. The summed E-state index contributed by atoms with van der Waals surface area (Å²) in [5.41, 5.74) is 6.82. The van der Waals surface area contributed by atoms with Gasteiger partial charge in [0.25, 0.3) is 0 Å². The molecule has 3 unspecified atom stereocenters. The van der Waals surface area contributed by atoms with Crippen LogP contribution in [0.2, 0.25) is 0 Å². The van der Waals surface area contributed by atoms with Gasteiger partial charge in [0.2, 0.25) is 0 Å². The molecule has 3 aliphatic carbocycles. The summed E-state index contributed by atoms with van der Waals surface area (Å²) in [5, 5.41) is 0. The molecule has 3 saturated carbocycles. The predicted octanol–water partition coefficient (Wildman–Crippen LogP) is 1.55. The van der Waals surface area contributed by atoms with Crippen LogP contribution in [0.15, 0.2) is 0 Å². The van der Waals surface area contributed by atoms with Crippen LogP contribution in [0.25, 0.3) is 0 Å². The zero-order chi connectivity index (χ0) is 11.3. The van der Waals surface area contributed by atoms with E-state index in [4.69, 9.17) is 15.2 Å². The molecule has 3 rings (SSSR count). The van der Waals surface area contributed by atoms with Gasteiger partial charge in [-0.2, -0.15) is 0 Å². The van der Waals surface area contributed by atoms with E-state index >= 15 is 0 Å². The van der Waals surface area contributed by atoms with Crippen molar-refractivity contribution >= 4 is 0 Å². The van der Waals surface area contributed by atoms with Crippen LogP contribution in [0, 0.1) is 17.3 Å². The van der Waals surface area contributed by atoms with Crippen molar-refractivity contribution < 1.29 is 9.47 Å². The molecule has 3 nitrogen and oxygen atoms in total. The van der Waals surface area contributed by atoms with Crippen molar-refractivity contribution in [2.75, 3.05) is 14.2 Å². The van der Waals surface area contributed by atoms with Crippen LogP contribution in [0.4, 0.5) is 0 Å². The van der Waals surface area contributed by atoms with Gasteiger partial charge in [-0.05, 0) is 49.4 Å². The standard InChI is InChI=1S/C13H23NO2/c1-15-10-6-13(7-11(10)16-2)9-4-3-8(5-9)12(13)14/h8-12H,3-7,14H2,1-2H3/t8?,9-,10-,11?,12-,13?/m1/s1. The lowest BCUT2D eigenvalue weighted by atomic mass is 9.69. The van der Waals surface area contributed by atoms with Crippen LogP contribution in [-0.2, 0) is 9.47 Å². The van der Waals surface area contributed by atoms with Crippen LogP contribution in [0.1, 0.15) is 32.1 Å². The van der Waals surface area contributed by atoms with E-state index in [9.17, 15) is 0 Å². The summed E-state index contributed by atoms with van der Waals surface area (Å²) < 4.78 is 11.2. The van der Waals surface area contributed by atoms with Gasteiger partial charge in [0, 0.05) is 20.3 Å². The Hall–Kier alpha value is -0.120. The maximum absolute atomic E-state index is 6.48. The van der Waals surface area contributed by atoms with Gasteiger partial charge in [0.1, 0.15) is 0 Å². The van der Waals surface area contributed by atoms with Gasteiger partial charge >= 0.3 is 0 Å². The topological polar surface area (TPSA) is 44.5 Å². The summed E-state index contributed by atoms with van der Waals surface area (Å²) in [6.45, 7) is 0. The van der Waals surface area contributed by atoms with E-state index < -0.39 is 0 Å². The monoisotopic (exact) mass is 225 g/mol. The van der Waals surface area contributed by atoms with Gasteiger partial charge in [0.15, 0.2) is 0 Å². The van der Waals surface area contributed by atoms with E-state index in [0.717, 1.165) is 24.7 Å². The molecule has 0 aliphatic heterocycles. The molecule has 6 atom stereocenters. The van der Waals surface area contributed by atoms with E-state index in [0.29, 0.717) is 11.5 Å². The van der Waals surface area contributed by atoms with Crippen molar-refractivity contribution in [2.24, 2.45) is 23.0 Å². The lowest BCUT2D eigenvalue weighted by Crippen LogP contribution is -2.45. The van der Waals surface area contributed by atoms with Crippen molar-refractivity contribution in [3.05, 3.63) is 0 Å². The third kappa shape index (κ3) is 1.25. The van der Waals surface area contributed by atoms with Crippen LogP contribution >= 0.6 is 0 Å². The highest BCUT2D eigenvalue weighted by Gasteiger charge is 2.61.